The van der Waals surface area contributed by atoms with E-state index in [4.69, 9.17) is 0 Å². The van der Waals surface area contributed by atoms with Crippen molar-refractivity contribution >= 4 is 8.80 Å². The Kier molecular flexibility index (Phi) is 6.03. The predicted molar refractivity (Wildman–Crippen MR) is 50.1 cm³/mol. The maximum absolute atomic E-state index is 2.39. The van der Waals surface area contributed by atoms with E-state index in [1.54, 1.807) is 0 Å². The van der Waals surface area contributed by atoms with Crippen molar-refractivity contribution in [2.45, 2.75) is 32.0 Å². The molecule has 0 aliphatic rings. The van der Waals surface area contributed by atoms with Crippen molar-refractivity contribution < 1.29 is 0 Å². The summed E-state index contributed by atoms with van der Waals surface area (Å²) in [6.45, 7) is 6.04. The van der Waals surface area contributed by atoms with Gasteiger partial charge < -0.3 is 4.90 Å². The molecule has 61 valence electrons. The molecule has 0 unspecified atom stereocenters. The standard InChI is InChI=1S/C8H20NSi/c1-9(2)7-5-6-8-10(3)4/h5-8H2,1-4H3. The van der Waals surface area contributed by atoms with Gasteiger partial charge in [-0.1, -0.05) is 25.6 Å². The highest BCUT2D eigenvalue weighted by Crippen LogP contribution is 2.00. The molecule has 0 aliphatic carbocycles. The minimum atomic E-state index is 0.0491. The first-order valence-corrected chi connectivity index (χ1v) is 6.77. The van der Waals surface area contributed by atoms with Crippen LogP contribution in [-0.2, 0) is 0 Å². The zero-order chi connectivity index (χ0) is 7.98. The van der Waals surface area contributed by atoms with Crippen LogP contribution < -0.4 is 0 Å². The van der Waals surface area contributed by atoms with Crippen molar-refractivity contribution in [3.63, 3.8) is 0 Å². The summed E-state index contributed by atoms with van der Waals surface area (Å²) in [5.41, 5.74) is 0. The second kappa shape index (κ2) is 5.92. The second-order valence-corrected chi connectivity index (χ2v) is 6.38. The Morgan fingerprint density at radius 1 is 1.10 bits per heavy atom. The second-order valence-electron chi connectivity index (χ2n) is 3.47. The quantitative estimate of drug-likeness (QED) is 0.437. The van der Waals surface area contributed by atoms with Crippen molar-refractivity contribution in [3.05, 3.63) is 0 Å². The molecule has 0 fully saturated rings. The van der Waals surface area contributed by atoms with Crippen molar-refractivity contribution in [1.29, 1.82) is 0 Å². The number of hydrogen-bond donors (Lipinski definition) is 0. The molecule has 0 atom stereocenters. The molecular formula is C8H20NSi. The Morgan fingerprint density at radius 2 is 1.70 bits per heavy atom. The third-order valence-corrected chi connectivity index (χ3v) is 2.89. The molecule has 0 heterocycles. The van der Waals surface area contributed by atoms with Crippen molar-refractivity contribution in [2.24, 2.45) is 0 Å². The molecule has 1 nitrogen and oxygen atoms in total. The van der Waals surface area contributed by atoms with E-state index in [0.717, 1.165) is 0 Å². The van der Waals surface area contributed by atoms with E-state index in [0.29, 0.717) is 0 Å². The SMILES string of the molecule is CN(C)CCCC[Si](C)C. The van der Waals surface area contributed by atoms with Gasteiger partial charge in [-0.15, -0.1) is 0 Å². The number of hydrogen-bond acceptors (Lipinski definition) is 1. The zero-order valence-electron chi connectivity index (χ0n) is 7.78. The summed E-state index contributed by atoms with van der Waals surface area (Å²) in [6.07, 6.45) is 2.81. The average Bonchev–Trinajstić information content (AvgIpc) is 1.79. The summed E-state index contributed by atoms with van der Waals surface area (Å²) in [5, 5.41) is 0. The highest BCUT2D eigenvalue weighted by atomic mass is 28.3. The lowest BCUT2D eigenvalue weighted by Gasteiger charge is -2.08. The Morgan fingerprint density at radius 3 is 2.10 bits per heavy atom. The van der Waals surface area contributed by atoms with Crippen LogP contribution in [0.4, 0.5) is 0 Å². The van der Waals surface area contributed by atoms with E-state index in [2.05, 4.69) is 32.1 Å². The molecule has 0 N–H and O–H groups in total. The highest BCUT2D eigenvalue weighted by Gasteiger charge is 1.95. The molecule has 0 saturated carbocycles. The molecule has 0 rings (SSSR count). The van der Waals surface area contributed by atoms with Gasteiger partial charge in [0.15, 0.2) is 0 Å². The normalized spacial score (nSPS) is 11.4. The summed E-state index contributed by atoms with van der Waals surface area (Å²) < 4.78 is 0. The lowest BCUT2D eigenvalue weighted by molar-refractivity contribution is 0.398. The zero-order valence-corrected chi connectivity index (χ0v) is 8.78. The van der Waals surface area contributed by atoms with Gasteiger partial charge >= 0.3 is 0 Å². The smallest absolute Gasteiger partial charge is 0.0412 e. The Hall–Kier alpha value is 0.177. The van der Waals surface area contributed by atoms with Gasteiger partial charge in [0.05, 0.1) is 0 Å². The first-order valence-electron chi connectivity index (χ1n) is 4.06. The van der Waals surface area contributed by atoms with E-state index >= 15 is 0 Å². The topological polar surface area (TPSA) is 3.24 Å². The minimum Gasteiger partial charge on any atom is -0.309 e. The molecule has 0 saturated heterocycles. The molecule has 0 amide bonds. The predicted octanol–water partition coefficient (Wildman–Crippen LogP) is 2.08. The number of nitrogens with zero attached hydrogens (tertiary/aromatic N) is 1. The molecule has 0 aromatic carbocycles. The fourth-order valence-corrected chi connectivity index (χ4v) is 1.86. The lowest BCUT2D eigenvalue weighted by Crippen LogP contribution is -2.13. The van der Waals surface area contributed by atoms with Gasteiger partial charge in [-0.3, -0.25) is 0 Å². The molecule has 0 aliphatic heterocycles. The van der Waals surface area contributed by atoms with Crippen LogP contribution >= 0.6 is 0 Å². The van der Waals surface area contributed by atoms with E-state index in [9.17, 15) is 0 Å². The molecular weight excluding hydrogens is 138 g/mol. The third kappa shape index (κ3) is 8.18. The van der Waals surface area contributed by atoms with Crippen molar-refractivity contribution in [2.75, 3.05) is 20.6 Å². The largest absolute Gasteiger partial charge is 0.309 e. The van der Waals surface area contributed by atoms with E-state index in [-0.39, 0.29) is 8.80 Å². The van der Waals surface area contributed by atoms with Gasteiger partial charge in [0.25, 0.3) is 0 Å². The van der Waals surface area contributed by atoms with Crippen molar-refractivity contribution in [1.82, 2.24) is 4.90 Å². The van der Waals surface area contributed by atoms with Gasteiger partial charge in [0.1, 0.15) is 0 Å². The Bertz CT molecular complexity index is 61.7. The molecule has 0 spiro atoms. The molecule has 0 aromatic heterocycles. The lowest BCUT2D eigenvalue weighted by atomic mass is 10.3. The summed E-state index contributed by atoms with van der Waals surface area (Å²) in [7, 11) is 4.33. The third-order valence-electron chi connectivity index (χ3n) is 1.53. The number of rotatable bonds is 5. The van der Waals surface area contributed by atoms with Gasteiger partial charge in [0, 0.05) is 8.80 Å². The van der Waals surface area contributed by atoms with Gasteiger partial charge in [0.2, 0.25) is 0 Å². The molecule has 0 bridgehead atoms. The van der Waals surface area contributed by atoms with Gasteiger partial charge in [-0.05, 0) is 27.1 Å². The van der Waals surface area contributed by atoms with Gasteiger partial charge in [-0.2, -0.15) is 0 Å². The van der Waals surface area contributed by atoms with E-state index in [1.807, 2.05) is 0 Å². The summed E-state index contributed by atoms with van der Waals surface area (Å²) in [4.78, 5) is 2.26. The maximum Gasteiger partial charge on any atom is 0.0412 e. The van der Waals surface area contributed by atoms with Gasteiger partial charge in [-0.25, -0.2) is 0 Å². The summed E-state index contributed by atoms with van der Waals surface area (Å²) >= 11 is 0. The monoisotopic (exact) mass is 158 g/mol. The number of unbranched alkanes of at least 4 members (excludes halogenated alkanes) is 1. The van der Waals surface area contributed by atoms with Crippen LogP contribution in [0.25, 0.3) is 0 Å². The average molecular weight is 158 g/mol. The minimum absolute atomic E-state index is 0.0491. The highest BCUT2D eigenvalue weighted by molar-refractivity contribution is 6.55. The van der Waals surface area contributed by atoms with Crippen LogP contribution in [0.3, 0.4) is 0 Å². The van der Waals surface area contributed by atoms with Crippen LogP contribution in [0.5, 0.6) is 0 Å². The van der Waals surface area contributed by atoms with Crippen LogP contribution in [0.2, 0.25) is 19.1 Å². The summed E-state index contributed by atoms with van der Waals surface area (Å²) in [6, 6.07) is 1.48. The van der Waals surface area contributed by atoms with E-state index < -0.39 is 0 Å². The Labute approximate surface area is 67.0 Å². The molecule has 2 heteroatoms. The van der Waals surface area contributed by atoms with Crippen LogP contribution in [-0.4, -0.2) is 34.3 Å². The Balaban J connectivity index is 2.91. The first kappa shape index (κ1) is 10.2. The van der Waals surface area contributed by atoms with Crippen LogP contribution in [0.15, 0.2) is 0 Å². The van der Waals surface area contributed by atoms with Crippen molar-refractivity contribution in [3.8, 4) is 0 Å². The molecule has 10 heavy (non-hydrogen) atoms. The molecule has 0 aromatic rings. The first-order chi connectivity index (χ1) is 4.63. The fraction of sp³-hybridized carbons (Fsp3) is 1.00. The van der Waals surface area contributed by atoms with E-state index in [1.165, 1.54) is 25.4 Å². The van der Waals surface area contributed by atoms with Crippen LogP contribution in [0, 0.1) is 0 Å². The maximum atomic E-state index is 2.39. The fourth-order valence-electron chi connectivity index (χ4n) is 0.907. The molecule has 1 radical (unpaired) electrons. The van der Waals surface area contributed by atoms with Crippen LogP contribution in [0.1, 0.15) is 12.8 Å². The summed E-state index contributed by atoms with van der Waals surface area (Å²) in [5.74, 6) is 0.